The smallest absolute Gasteiger partial charge is 0.159 e. The number of hydrogen-bond acceptors (Lipinski definition) is 3. The second-order valence-electron chi connectivity index (χ2n) is 13.2. The van der Waals surface area contributed by atoms with E-state index in [1.807, 2.05) is 11.3 Å². The maximum absolute atomic E-state index is 6.86. The molecule has 0 saturated heterocycles. The first-order valence-electron chi connectivity index (χ1n) is 17.4. The van der Waals surface area contributed by atoms with E-state index < -0.39 is 0 Å². The fourth-order valence-corrected chi connectivity index (χ4v) is 9.46. The average Bonchev–Trinajstić information content (AvgIpc) is 3.77. The topological polar surface area (TPSA) is 16.4 Å². The molecule has 0 radical (unpaired) electrons. The van der Waals surface area contributed by atoms with Crippen LogP contribution in [0.5, 0.6) is 0 Å². The lowest BCUT2D eigenvalue weighted by Gasteiger charge is -2.31. The number of furan rings is 1. The minimum atomic E-state index is 0.873. The second kappa shape index (κ2) is 11.0. The molecule has 11 rings (SSSR count). The molecule has 0 aliphatic heterocycles. The first-order valence-corrected chi connectivity index (χ1v) is 18.2. The number of rotatable bonds is 4. The molecular weight excluding hydrogens is 639 g/mol. The third kappa shape index (κ3) is 4.16. The molecule has 0 amide bonds. The Morgan fingerprint density at radius 1 is 0.392 bits per heavy atom. The monoisotopic (exact) mass is 667 g/mol. The molecule has 0 fully saturated rings. The third-order valence-electron chi connectivity index (χ3n) is 10.4. The van der Waals surface area contributed by atoms with Gasteiger partial charge in [-0.25, -0.2) is 0 Å². The Morgan fingerprint density at radius 2 is 0.961 bits per heavy atom. The van der Waals surface area contributed by atoms with Crippen LogP contribution in [-0.2, 0) is 0 Å². The summed E-state index contributed by atoms with van der Waals surface area (Å²) in [6, 6.07) is 63.8. The lowest BCUT2D eigenvalue weighted by Crippen LogP contribution is -2.13. The van der Waals surface area contributed by atoms with E-state index in [1.54, 1.807) is 0 Å². The minimum absolute atomic E-state index is 0.873. The van der Waals surface area contributed by atoms with Crippen molar-refractivity contribution in [1.29, 1.82) is 0 Å². The third-order valence-corrected chi connectivity index (χ3v) is 11.6. The Bertz CT molecular complexity index is 3050. The molecule has 0 spiro atoms. The maximum atomic E-state index is 6.86. The Balaban J connectivity index is 1.38. The van der Waals surface area contributed by atoms with Crippen LogP contribution in [0.1, 0.15) is 0 Å². The highest BCUT2D eigenvalue weighted by Crippen LogP contribution is 2.54. The molecular formula is C48H29NOS. The molecule has 0 aliphatic carbocycles. The van der Waals surface area contributed by atoms with Crippen molar-refractivity contribution >= 4 is 103 Å². The summed E-state index contributed by atoms with van der Waals surface area (Å²) in [6.07, 6.45) is 0. The van der Waals surface area contributed by atoms with Crippen molar-refractivity contribution in [2.75, 3.05) is 4.90 Å². The number of hydrogen-bond donors (Lipinski definition) is 0. The fourth-order valence-electron chi connectivity index (χ4n) is 8.26. The van der Waals surface area contributed by atoms with Crippen LogP contribution < -0.4 is 4.90 Å². The molecule has 3 heteroatoms. The van der Waals surface area contributed by atoms with Crippen LogP contribution in [0, 0.1) is 0 Å². The average molecular weight is 668 g/mol. The molecule has 0 saturated carbocycles. The largest absolute Gasteiger partial charge is 0.454 e. The van der Waals surface area contributed by atoms with Gasteiger partial charge in [0.05, 0.1) is 21.8 Å². The minimum Gasteiger partial charge on any atom is -0.454 e. The highest BCUT2D eigenvalue weighted by Gasteiger charge is 2.28. The SMILES string of the molecule is c1ccc2c(-c3c(N(c4cccc5c4oc4ccccc45)c4cccc5c4sc4ccccc45)c4ccccc4c4ccccc34)cccc2c1. The lowest BCUT2D eigenvalue weighted by molar-refractivity contribution is 0.669. The summed E-state index contributed by atoms with van der Waals surface area (Å²) in [6.45, 7) is 0. The molecule has 2 aromatic heterocycles. The van der Waals surface area contributed by atoms with Crippen LogP contribution in [-0.4, -0.2) is 0 Å². The van der Waals surface area contributed by atoms with Gasteiger partial charge in [-0.05, 0) is 56.8 Å². The summed E-state index contributed by atoms with van der Waals surface area (Å²) in [7, 11) is 0. The quantitative estimate of drug-likeness (QED) is 0.174. The van der Waals surface area contributed by atoms with Crippen molar-refractivity contribution in [3.63, 3.8) is 0 Å². The summed E-state index contributed by atoms with van der Waals surface area (Å²) in [5, 5.41) is 12.1. The molecule has 0 bridgehead atoms. The zero-order valence-corrected chi connectivity index (χ0v) is 28.3. The summed E-state index contributed by atoms with van der Waals surface area (Å²) >= 11 is 1.86. The lowest BCUT2D eigenvalue weighted by atomic mass is 9.88. The highest BCUT2D eigenvalue weighted by molar-refractivity contribution is 7.26. The van der Waals surface area contributed by atoms with Crippen LogP contribution in [0.3, 0.4) is 0 Å². The number of anilines is 3. The van der Waals surface area contributed by atoms with Gasteiger partial charge in [0.2, 0.25) is 0 Å². The summed E-state index contributed by atoms with van der Waals surface area (Å²) in [5.74, 6) is 0. The Labute approximate surface area is 298 Å². The first-order chi connectivity index (χ1) is 25.3. The van der Waals surface area contributed by atoms with Crippen LogP contribution >= 0.6 is 11.3 Å². The zero-order chi connectivity index (χ0) is 33.5. The molecule has 9 aromatic carbocycles. The maximum Gasteiger partial charge on any atom is 0.159 e. The first kappa shape index (κ1) is 28.4. The number of nitrogens with zero attached hydrogens (tertiary/aromatic N) is 1. The van der Waals surface area contributed by atoms with E-state index in [2.05, 4.69) is 181 Å². The molecule has 0 N–H and O–H groups in total. The van der Waals surface area contributed by atoms with Gasteiger partial charge in [-0.15, -0.1) is 11.3 Å². The van der Waals surface area contributed by atoms with E-state index in [1.165, 1.54) is 63.6 Å². The molecule has 51 heavy (non-hydrogen) atoms. The number of benzene rings is 9. The predicted molar refractivity (Wildman–Crippen MR) is 219 cm³/mol. The van der Waals surface area contributed by atoms with Crippen LogP contribution in [0.2, 0.25) is 0 Å². The Morgan fingerprint density at radius 3 is 1.80 bits per heavy atom. The molecule has 238 valence electrons. The van der Waals surface area contributed by atoms with E-state index >= 15 is 0 Å². The Hall–Kier alpha value is -6.42. The van der Waals surface area contributed by atoms with Gasteiger partial charge in [0.15, 0.2) is 5.58 Å². The molecule has 0 aliphatic rings. The van der Waals surface area contributed by atoms with E-state index in [4.69, 9.17) is 4.42 Å². The number of fused-ring (bicyclic) bond motifs is 10. The summed E-state index contributed by atoms with van der Waals surface area (Å²) in [4.78, 5) is 2.51. The normalized spacial score (nSPS) is 11.9. The molecule has 2 heterocycles. The van der Waals surface area contributed by atoms with Gasteiger partial charge >= 0.3 is 0 Å². The van der Waals surface area contributed by atoms with Gasteiger partial charge in [0, 0.05) is 37.2 Å². The van der Waals surface area contributed by atoms with Gasteiger partial charge in [0.25, 0.3) is 0 Å². The van der Waals surface area contributed by atoms with Crippen LogP contribution in [0.25, 0.3) is 85.6 Å². The summed E-state index contributed by atoms with van der Waals surface area (Å²) in [5.41, 5.74) is 7.44. The molecule has 0 unspecified atom stereocenters. The molecule has 2 nitrogen and oxygen atoms in total. The predicted octanol–water partition coefficient (Wildman–Crippen LogP) is 14.6. The highest BCUT2D eigenvalue weighted by atomic mass is 32.1. The number of para-hydroxylation sites is 2. The van der Waals surface area contributed by atoms with E-state index in [9.17, 15) is 0 Å². The van der Waals surface area contributed by atoms with Crippen molar-refractivity contribution in [3.05, 3.63) is 176 Å². The van der Waals surface area contributed by atoms with Crippen LogP contribution in [0.15, 0.2) is 180 Å². The van der Waals surface area contributed by atoms with Crippen LogP contribution in [0.4, 0.5) is 17.1 Å². The molecule has 0 atom stereocenters. The second-order valence-corrected chi connectivity index (χ2v) is 14.2. The molecule has 11 aromatic rings. The van der Waals surface area contributed by atoms with Crippen molar-refractivity contribution in [1.82, 2.24) is 0 Å². The van der Waals surface area contributed by atoms with Crippen molar-refractivity contribution < 1.29 is 4.42 Å². The van der Waals surface area contributed by atoms with Gasteiger partial charge in [-0.2, -0.15) is 0 Å². The van der Waals surface area contributed by atoms with Crippen molar-refractivity contribution in [2.24, 2.45) is 0 Å². The van der Waals surface area contributed by atoms with Gasteiger partial charge in [0.1, 0.15) is 5.58 Å². The van der Waals surface area contributed by atoms with Gasteiger partial charge in [-0.1, -0.05) is 152 Å². The van der Waals surface area contributed by atoms with E-state index in [0.29, 0.717) is 0 Å². The van der Waals surface area contributed by atoms with Gasteiger partial charge < -0.3 is 9.32 Å². The van der Waals surface area contributed by atoms with E-state index in [-0.39, 0.29) is 0 Å². The van der Waals surface area contributed by atoms with Crippen molar-refractivity contribution in [2.45, 2.75) is 0 Å². The fraction of sp³-hybridized carbons (Fsp3) is 0. The Kier molecular flexibility index (Phi) is 6.16. The van der Waals surface area contributed by atoms with E-state index in [0.717, 1.165) is 39.0 Å². The van der Waals surface area contributed by atoms with Gasteiger partial charge in [-0.3, -0.25) is 0 Å². The standard InChI is InChI=1S/C48H29NOS/c1-2-16-31-30(14-1)15-11-23-36(31)45-37-21-5-3-17-32(37)33-18-4-6-22-38(33)46(45)49(41-26-12-24-39-34-19-7-9-28-43(34)50-47(39)41)42-27-13-25-40-35-20-8-10-29-44(35)51-48(40)42/h1-29H. The summed E-state index contributed by atoms with van der Waals surface area (Å²) < 4.78 is 9.38. The zero-order valence-electron chi connectivity index (χ0n) is 27.5. The van der Waals surface area contributed by atoms with Crippen molar-refractivity contribution in [3.8, 4) is 11.1 Å². The number of thiophene rings is 1.